The van der Waals surface area contributed by atoms with Crippen LogP contribution in [0.3, 0.4) is 0 Å². The molecule has 4 rings (SSSR count). The Morgan fingerprint density at radius 1 is 1.15 bits per heavy atom. The number of H-pyrrole nitrogens is 1. The number of benzene rings is 2. The zero-order valence-corrected chi connectivity index (χ0v) is 18.2. The summed E-state index contributed by atoms with van der Waals surface area (Å²) in [7, 11) is 1.59. The second kappa shape index (κ2) is 10.2. The van der Waals surface area contributed by atoms with E-state index in [1.165, 1.54) is 12.4 Å². The number of carbonyl (C=O) groups is 1. The minimum atomic E-state index is -0.587. The molecule has 168 valence electrons. The van der Waals surface area contributed by atoms with E-state index in [-0.39, 0.29) is 11.4 Å². The molecule has 2 aromatic carbocycles. The van der Waals surface area contributed by atoms with Crippen LogP contribution in [-0.2, 0) is 6.42 Å². The quantitative estimate of drug-likeness (QED) is 0.440. The number of amides is 1. The number of carbonyl (C=O) groups excluding carboxylic acids is 1. The van der Waals surface area contributed by atoms with Crippen LogP contribution in [0, 0.1) is 11.3 Å². The van der Waals surface area contributed by atoms with Gasteiger partial charge in [-0.1, -0.05) is 24.3 Å². The van der Waals surface area contributed by atoms with Crippen molar-refractivity contribution in [1.29, 1.82) is 5.26 Å². The first-order chi connectivity index (χ1) is 16.6. The summed E-state index contributed by atoms with van der Waals surface area (Å²) in [5, 5.41) is 19.7. The van der Waals surface area contributed by atoms with Crippen molar-refractivity contribution in [2.45, 2.75) is 12.5 Å². The Kier molecular flexibility index (Phi) is 6.70. The predicted molar refractivity (Wildman–Crippen MR) is 124 cm³/mol. The van der Waals surface area contributed by atoms with Gasteiger partial charge >= 0.3 is 0 Å². The summed E-state index contributed by atoms with van der Waals surface area (Å²) in [5.41, 5.74) is 1.95. The van der Waals surface area contributed by atoms with Gasteiger partial charge in [0.1, 0.15) is 17.0 Å². The van der Waals surface area contributed by atoms with E-state index in [0.29, 0.717) is 17.7 Å². The summed E-state index contributed by atoms with van der Waals surface area (Å²) in [5.74, 6) is 0.377. The summed E-state index contributed by atoms with van der Waals surface area (Å²) in [6, 6.07) is 19.4. The first kappa shape index (κ1) is 22.4. The lowest BCUT2D eigenvalue weighted by atomic mass is 9.97. The van der Waals surface area contributed by atoms with Crippen molar-refractivity contribution in [2.75, 3.05) is 7.11 Å². The maximum absolute atomic E-state index is 13.0. The molecule has 0 spiro atoms. The second-order valence-corrected chi connectivity index (χ2v) is 7.40. The van der Waals surface area contributed by atoms with Gasteiger partial charge in [0.25, 0.3) is 11.5 Å². The minimum absolute atomic E-state index is 0.124. The van der Waals surface area contributed by atoms with Crippen LogP contribution in [0.4, 0.5) is 0 Å². The third-order valence-electron chi connectivity index (χ3n) is 5.21. The standard InChI is InChI=1S/C25H20N6O3/c1-34-19-10-6-16(7-11-19)13-22(18-8-4-17(14-26)5-9-18)29-24(32)20-15-27-23(30-25(20)33)21-3-2-12-28-31-21/h2-12,15,22H,13H2,1H3,(H,29,32)(H,27,30,33)/t22-/m1/s1. The molecule has 9 heteroatoms. The average Bonchev–Trinajstić information content (AvgIpc) is 2.89. The maximum atomic E-state index is 13.0. The van der Waals surface area contributed by atoms with E-state index in [2.05, 4.69) is 31.6 Å². The van der Waals surface area contributed by atoms with Crippen LogP contribution in [-0.4, -0.2) is 33.2 Å². The highest BCUT2D eigenvalue weighted by atomic mass is 16.5. The number of ether oxygens (including phenoxy) is 1. The van der Waals surface area contributed by atoms with Gasteiger partial charge in [-0.3, -0.25) is 9.59 Å². The molecule has 0 unspecified atom stereocenters. The minimum Gasteiger partial charge on any atom is -0.497 e. The second-order valence-electron chi connectivity index (χ2n) is 7.40. The van der Waals surface area contributed by atoms with Crippen molar-refractivity contribution >= 4 is 5.91 Å². The number of aromatic amines is 1. The van der Waals surface area contributed by atoms with Crippen molar-refractivity contribution in [2.24, 2.45) is 0 Å². The molecule has 34 heavy (non-hydrogen) atoms. The number of nitrogens with one attached hydrogen (secondary N) is 2. The van der Waals surface area contributed by atoms with Crippen molar-refractivity contribution in [3.8, 4) is 23.3 Å². The van der Waals surface area contributed by atoms with Gasteiger partial charge < -0.3 is 15.0 Å². The molecule has 2 N–H and O–H groups in total. The van der Waals surface area contributed by atoms with Crippen LogP contribution in [0.25, 0.3) is 11.5 Å². The molecule has 9 nitrogen and oxygen atoms in total. The Bertz CT molecular complexity index is 1380. The summed E-state index contributed by atoms with van der Waals surface area (Å²) >= 11 is 0. The Labute approximate surface area is 195 Å². The molecule has 0 fully saturated rings. The first-order valence-electron chi connectivity index (χ1n) is 10.4. The Morgan fingerprint density at radius 2 is 1.91 bits per heavy atom. The monoisotopic (exact) mass is 452 g/mol. The smallest absolute Gasteiger partial charge is 0.264 e. The lowest BCUT2D eigenvalue weighted by Gasteiger charge is -2.20. The maximum Gasteiger partial charge on any atom is 0.264 e. The zero-order valence-electron chi connectivity index (χ0n) is 18.2. The van der Waals surface area contributed by atoms with E-state index < -0.39 is 17.5 Å². The van der Waals surface area contributed by atoms with Crippen LogP contribution in [0.1, 0.15) is 33.1 Å². The van der Waals surface area contributed by atoms with Gasteiger partial charge in [0.05, 0.1) is 24.8 Å². The Morgan fingerprint density at radius 3 is 2.53 bits per heavy atom. The van der Waals surface area contributed by atoms with Gasteiger partial charge in [-0.05, 0) is 53.9 Å². The molecule has 0 aliphatic carbocycles. The number of hydrogen-bond donors (Lipinski definition) is 2. The molecule has 2 heterocycles. The fraction of sp³-hybridized carbons (Fsp3) is 0.120. The van der Waals surface area contributed by atoms with Crippen molar-refractivity contribution in [3.63, 3.8) is 0 Å². The molecular weight excluding hydrogens is 432 g/mol. The van der Waals surface area contributed by atoms with Crippen LogP contribution in [0.2, 0.25) is 0 Å². The molecule has 0 saturated carbocycles. The van der Waals surface area contributed by atoms with Crippen LogP contribution < -0.4 is 15.6 Å². The molecule has 0 aliphatic rings. The van der Waals surface area contributed by atoms with E-state index in [9.17, 15) is 9.59 Å². The number of rotatable bonds is 7. The first-order valence-corrected chi connectivity index (χ1v) is 10.4. The zero-order chi connectivity index (χ0) is 23.9. The normalized spacial score (nSPS) is 11.3. The highest BCUT2D eigenvalue weighted by molar-refractivity contribution is 5.93. The summed E-state index contributed by atoms with van der Waals surface area (Å²) in [4.78, 5) is 32.4. The predicted octanol–water partition coefficient (Wildman–Crippen LogP) is 2.82. The van der Waals surface area contributed by atoms with Gasteiger partial charge in [-0.25, -0.2) is 4.98 Å². The summed E-state index contributed by atoms with van der Waals surface area (Å²) in [6.45, 7) is 0. The Hall–Kier alpha value is -4.84. The number of nitriles is 1. The van der Waals surface area contributed by atoms with E-state index >= 15 is 0 Å². The lowest BCUT2D eigenvalue weighted by Crippen LogP contribution is -2.34. The topological polar surface area (TPSA) is 134 Å². The lowest BCUT2D eigenvalue weighted by molar-refractivity contribution is 0.0934. The molecule has 0 aliphatic heterocycles. The largest absolute Gasteiger partial charge is 0.497 e. The molecule has 4 aromatic rings. The van der Waals surface area contributed by atoms with Gasteiger partial charge in [-0.15, -0.1) is 5.10 Å². The third-order valence-corrected chi connectivity index (χ3v) is 5.21. The van der Waals surface area contributed by atoms with Crippen LogP contribution in [0.15, 0.2) is 77.9 Å². The SMILES string of the molecule is COc1ccc(C[C@@H](NC(=O)c2cnc(-c3cccnn3)[nH]c2=O)c2ccc(C#N)cc2)cc1. The molecule has 0 saturated heterocycles. The molecular formula is C25H20N6O3. The molecule has 1 atom stereocenters. The number of hydrogen-bond acceptors (Lipinski definition) is 7. The fourth-order valence-electron chi connectivity index (χ4n) is 3.39. The van der Waals surface area contributed by atoms with Crippen LogP contribution >= 0.6 is 0 Å². The van der Waals surface area contributed by atoms with Crippen molar-refractivity contribution in [1.82, 2.24) is 25.5 Å². The molecule has 2 aromatic heterocycles. The van der Waals surface area contributed by atoms with E-state index in [0.717, 1.165) is 16.9 Å². The molecule has 1 amide bonds. The third kappa shape index (κ3) is 5.14. The van der Waals surface area contributed by atoms with Gasteiger partial charge in [0.2, 0.25) is 0 Å². The summed E-state index contributed by atoms with van der Waals surface area (Å²) < 4.78 is 5.21. The van der Waals surface area contributed by atoms with Gasteiger partial charge in [-0.2, -0.15) is 10.4 Å². The van der Waals surface area contributed by atoms with E-state index in [4.69, 9.17) is 10.00 Å². The average molecular weight is 452 g/mol. The summed E-state index contributed by atoms with van der Waals surface area (Å²) in [6.07, 6.45) is 3.20. The Balaban J connectivity index is 1.60. The van der Waals surface area contributed by atoms with Gasteiger partial charge in [0.15, 0.2) is 5.82 Å². The fourth-order valence-corrected chi connectivity index (χ4v) is 3.39. The van der Waals surface area contributed by atoms with E-state index in [1.807, 2.05) is 24.3 Å². The number of nitrogens with zero attached hydrogens (tertiary/aromatic N) is 4. The highest BCUT2D eigenvalue weighted by Gasteiger charge is 2.20. The molecule has 0 bridgehead atoms. The van der Waals surface area contributed by atoms with Crippen molar-refractivity contribution < 1.29 is 9.53 Å². The van der Waals surface area contributed by atoms with Crippen molar-refractivity contribution in [3.05, 3.63) is 106 Å². The van der Waals surface area contributed by atoms with Gasteiger partial charge in [0, 0.05) is 12.4 Å². The highest BCUT2D eigenvalue weighted by Crippen LogP contribution is 2.21. The molecule has 0 radical (unpaired) electrons. The number of aromatic nitrogens is 4. The number of methoxy groups -OCH3 is 1. The van der Waals surface area contributed by atoms with Crippen LogP contribution in [0.5, 0.6) is 5.75 Å². The van der Waals surface area contributed by atoms with E-state index in [1.54, 1.807) is 43.5 Å².